The molecule has 16 heavy (non-hydrogen) atoms. The normalized spacial score (nSPS) is 10.4. The first kappa shape index (κ1) is 11.6. The molecule has 0 saturated carbocycles. The topological polar surface area (TPSA) is 39.2 Å². The maximum absolute atomic E-state index is 11.6. The minimum atomic E-state index is -0.334. The number of aromatic nitrogens is 1. The van der Waals surface area contributed by atoms with Gasteiger partial charge >= 0.3 is 5.97 Å². The van der Waals surface area contributed by atoms with Gasteiger partial charge in [-0.2, -0.15) is 0 Å². The van der Waals surface area contributed by atoms with Crippen molar-refractivity contribution in [2.45, 2.75) is 6.92 Å². The fourth-order valence-corrected chi connectivity index (χ4v) is 3.42. The van der Waals surface area contributed by atoms with Crippen LogP contribution in [0, 0.1) is 6.92 Å². The molecule has 0 saturated heterocycles. The summed E-state index contributed by atoms with van der Waals surface area (Å²) in [6.45, 7) is 1.94. The molecule has 2 aromatic rings. The van der Waals surface area contributed by atoms with Gasteiger partial charge < -0.3 is 4.74 Å². The van der Waals surface area contributed by atoms with Gasteiger partial charge in [0, 0.05) is 10.9 Å². The molecule has 0 aliphatic carbocycles. The molecule has 3 nitrogen and oxygen atoms in total. The summed E-state index contributed by atoms with van der Waals surface area (Å²) >= 11 is 8.56. The monoisotopic (exact) mass is 273 g/mol. The number of ether oxygens (including phenoxy) is 1. The van der Waals surface area contributed by atoms with Crippen LogP contribution in [-0.4, -0.2) is 18.1 Å². The zero-order valence-electron chi connectivity index (χ0n) is 8.61. The minimum Gasteiger partial charge on any atom is -0.465 e. The van der Waals surface area contributed by atoms with Crippen LogP contribution in [0.5, 0.6) is 0 Å². The van der Waals surface area contributed by atoms with E-state index in [-0.39, 0.29) is 5.97 Å². The third kappa shape index (κ3) is 1.98. The molecule has 0 amide bonds. The predicted molar refractivity (Wildman–Crippen MR) is 66.5 cm³/mol. The molecule has 0 unspecified atom stereocenters. The summed E-state index contributed by atoms with van der Waals surface area (Å²) in [7, 11) is 1.37. The number of thiophene rings is 1. The van der Waals surface area contributed by atoms with Crippen LogP contribution in [0.4, 0.5) is 0 Å². The average molecular weight is 274 g/mol. The summed E-state index contributed by atoms with van der Waals surface area (Å²) in [4.78, 5) is 16.3. The molecule has 6 heteroatoms. The highest BCUT2D eigenvalue weighted by atomic mass is 35.5. The number of rotatable bonds is 2. The van der Waals surface area contributed by atoms with Gasteiger partial charge in [-0.25, -0.2) is 9.78 Å². The summed E-state index contributed by atoms with van der Waals surface area (Å²) in [5, 5.41) is 4.86. The van der Waals surface area contributed by atoms with Crippen LogP contribution in [0.3, 0.4) is 0 Å². The lowest BCUT2D eigenvalue weighted by atomic mass is 10.2. The first-order valence-electron chi connectivity index (χ1n) is 4.41. The second-order valence-corrected chi connectivity index (χ2v) is 5.21. The van der Waals surface area contributed by atoms with Crippen molar-refractivity contribution in [1.82, 2.24) is 4.98 Å². The number of carbonyl (C=O) groups is 1. The van der Waals surface area contributed by atoms with Crippen molar-refractivity contribution in [2.75, 3.05) is 7.11 Å². The van der Waals surface area contributed by atoms with Crippen molar-refractivity contribution in [1.29, 1.82) is 0 Å². The van der Waals surface area contributed by atoms with Gasteiger partial charge in [-0.3, -0.25) is 0 Å². The molecule has 0 atom stereocenters. The molecule has 0 aliphatic heterocycles. The van der Waals surface area contributed by atoms with Crippen LogP contribution >= 0.6 is 34.3 Å². The van der Waals surface area contributed by atoms with E-state index in [1.807, 2.05) is 12.3 Å². The first-order chi connectivity index (χ1) is 7.63. The quantitative estimate of drug-likeness (QED) is 0.785. The van der Waals surface area contributed by atoms with Gasteiger partial charge in [-0.1, -0.05) is 11.6 Å². The highest BCUT2D eigenvalue weighted by Gasteiger charge is 2.20. The van der Waals surface area contributed by atoms with Crippen molar-refractivity contribution in [2.24, 2.45) is 0 Å². The number of thiazole rings is 1. The highest BCUT2D eigenvalue weighted by Crippen LogP contribution is 2.35. The van der Waals surface area contributed by atoms with Gasteiger partial charge in [-0.15, -0.1) is 22.7 Å². The summed E-state index contributed by atoms with van der Waals surface area (Å²) in [6, 6.07) is 0. The van der Waals surface area contributed by atoms with Crippen LogP contribution in [0.15, 0.2) is 10.8 Å². The molecule has 0 bridgehead atoms. The Balaban J connectivity index is 2.55. The largest absolute Gasteiger partial charge is 0.465 e. The zero-order chi connectivity index (χ0) is 11.7. The van der Waals surface area contributed by atoms with Crippen LogP contribution in [0.1, 0.15) is 15.2 Å². The predicted octanol–water partition coefficient (Wildman–Crippen LogP) is 3.62. The van der Waals surface area contributed by atoms with E-state index in [1.165, 1.54) is 29.8 Å². The number of halogens is 1. The van der Waals surface area contributed by atoms with E-state index in [0.717, 1.165) is 16.1 Å². The van der Waals surface area contributed by atoms with Gasteiger partial charge in [0.05, 0.1) is 7.11 Å². The Morgan fingerprint density at radius 1 is 1.44 bits per heavy atom. The minimum absolute atomic E-state index is 0.334. The van der Waals surface area contributed by atoms with Crippen molar-refractivity contribution < 1.29 is 9.53 Å². The Hall–Kier alpha value is -0.910. The third-order valence-electron chi connectivity index (χ3n) is 2.04. The maximum atomic E-state index is 11.6. The van der Waals surface area contributed by atoms with E-state index in [4.69, 9.17) is 16.3 Å². The maximum Gasteiger partial charge on any atom is 0.348 e. The van der Waals surface area contributed by atoms with Gasteiger partial charge in [0.15, 0.2) is 0 Å². The molecular weight excluding hydrogens is 266 g/mol. The summed E-state index contributed by atoms with van der Waals surface area (Å²) < 4.78 is 4.73. The van der Waals surface area contributed by atoms with E-state index < -0.39 is 0 Å². The van der Waals surface area contributed by atoms with Gasteiger partial charge in [0.25, 0.3) is 0 Å². The van der Waals surface area contributed by atoms with E-state index in [0.29, 0.717) is 10.0 Å². The molecule has 0 fully saturated rings. The summed E-state index contributed by atoms with van der Waals surface area (Å²) in [5.74, 6) is -0.334. The highest BCUT2D eigenvalue weighted by molar-refractivity contribution is 7.15. The van der Waals surface area contributed by atoms with Crippen LogP contribution in [0.2, 0.25) is 5.15 Å². The molecule has 0 aliphatic rings. The number of aryl methyl sites for hydroxylation is 1. The number of carbonyl (C=O) groups excluding carboxylic acids is 1. The number of esters is 1. The fraction of sp³-hybridized carbons (Fsp3) is 0.200. The lowest BCUT2D eigenvalue weighted by Crippen LogP contribution is -2.00. The zero-order valence-corrected chi connectivity index (χ0v) is 11.0. The smallest absolute Gasteiger partial charge is 0.348 e. The van der Waals surface area contributed by atoms with Gasteiger partial charge in [-0.05, 0) is 17.9 Å². The van der Waals surface area contributed by atoms with Gasteiger partial charge in [0.2, 0.25) is 0 Å². The van der Waals surface area contributed by atoms with E-state index in [2.05, 4.69) is 4.98 Å². The van der Waals surface area contributed by atoms with Crippen molar-refractivity contribution in [3.63, 3.8) is 0 Å². The second kappa shape index (κ2) is 4.53. The van der Waals surface area contributed by atoms with E-state index in [1.54, 1.807) is 5.38 Å². The molecule has 2 heterocycles. The first-order valence-corrected chi connectivity index (χ1v) is 6.55. The van der Waals surface area contributed by atoms with Crippen molar-refractivity contribution in [3.05, 3.63) is 26.4 Å². The SMILES string of the molecule is COC(=O)c1scc(C)c1-c1nc(Cl)cs1. The Labute approximate surface area is 106 Å². The van der Waals surface area contributed by atoms with E-state index in [9.17, 15) is 4.79 Å². The summed E-state index contributed by atoms with van der Waals surface area (Å²) in [5.41, 5.74) is 1.84. The third-order valence-corrected chi connectivity index (χ3v) is 4.30. The van der Waals surface area contributed by atoms with Crippen LogP contribution < -0.4 is 0 Å². The Morgan fingerprint density at radius 3 is 2.75 bits per heavy atom. The molecule has 0 radical (unpaired) electrons. The Bertz CT molecular complexity index is 533. The average Bonchev–Trinajstić information content (AvgIpc) is 2.83. The Kier molecular flexibility index (Phi) is 3.28. The Morgan fingerprint density at radius 2 is 2.19 bits per heavy atom. The lowest BCUT2D eigenvalue weighted by molar-refractivity contribution is 0.0607. The lowest BCUT2D eigenvalue weighted by Gasteiger charge is -2.00. The number of methoxy groups -OCH3 is 1. The molecule has 0 spiro atoms. The van der Waals surface area contributed by atoms with Crippen molar-refractivity contribution in [3.8, 4) is 10.6 Å². The van der Waals surface area contributed by atoms with Crippen LogP contribution in [0.25, 0.3) is 10.6 Å². The molecule has 2 aromatic heterocycles. The standard InChI is InChI=1S/C10H8ClNO2S2/c1-5-3-15-8(10(13)14-2)7(5)9-12-6(11)4-16-9/h3-4H,1-2H3. The van der Waals surface area contributed by atoms with Gasteiger partial charge in [0.1, 0.15) is 15.0 Å². The molecular formula is C10H8ClNO2S2. The number of hydrogen-bond donors (Lipinski definition) is 0. The molecule has 2 rings (SSSR count). The second-order valence-electron chi connectivity index (χ2n) is 3.09. The summed E-state index contributed by atoms with van der Waals surface area (Å²) in [6.07, 6.45) is 0. The number of nitrogens with zero attached hydrogens (tertiary/aromatic N) is 1. The van der Waals surface area contributed by atoms with E-state index >= 15 is 0 Å². The molecule has 84 valence electrons. The number of hydrogen-bond acceptors (Lipinski definition) is 5. The fourth-order valence-electron chi connectivity index (χ4n) is 1.32. The van der Waals surface area contributed by atoms with Crippen LogP contribution in [-0.2, 0) is 4.74 Å². The molecule has 0 N–H and O–H groups in total. The molecule has 0 aromatic carbocycles. The van der Waals surface area contributed by atoms with Crippen molar-refractivity contribution >= 4 is 40.2 Å².